The number of rotatable bonds is 14. The van der Waals surface area contributed by atoms with Crippen LogP contribution in [0.1, 0.15) is 31.9 Å². The first kappa shape index (κ1) is 24.3. The highest BCUT2D eigenvalue weighted by Crippen LogP contribution is 2.33. The molecule has 1 heterocycles. The van der Waals surface area contributed by atoms with Gasteiger partial charge in [-0.1, -0.05) is 13.8 Å². The molecule has 0 saturated heterocycles. The molecule has 7 nitrogen and oxygen atoms in total. The molecule has 2 N–H and O–H groups in total. The fraction of sp³-hybridized carbons (Fsp3) is 0.609. The Hall–Kier alpha value is -1.93. The van der Waals surface area contributed by atoms with Crippen LogP contribution in [0.5, 0.6) is 5.75 Å². The number of hydrogen-bond acceptors (Lipinski definition) is 6. The van der Waals surface area contributed by atoms with Crippen molar-refractivity contribution in [1.82, 2.24) is 20.4 Å². The van der Waals surface area contributed by atoms with E-state index in [1.54, 1.807) is 7.11 Å². The summed E-state index contributed by atoms with van der Waals surface area (Å²) in [6, 6.07) is 6.36. The van der Waals surface area contributed by atoms with E-state index in [0.29, 0.717) is 26.4 Å². The Kier molecular flexibility index (Phi) is 9.78. The van der Waals surface area contributed by atoms with Gasteiger partial charge in [0, 0.05) is 56.1 Å². The first-order valence-electron chi connectivity index (χ1n) is 10.6. The third-order valence-corrected chi connectivity index (χ3v) is 5.09. The molecule has 30 heavy (non-hydrogen) atoms. The zero-order valence-electron chi connectivity index (χ0n) is 19.4. The number of ether oxygens (including phenoxy) is 3. The van der Waals surface area contributed by atoms with E-state index in [9.17, 15) is 0 Å². The number of nitrogens with one attached hydrogen (secondary N) is 2. The molecule has 0 radical (unpaired) electrons. The van der Waals surface area contributed by atoms with E-state index in [-0.39, 0.29) is 5.41 Å². The Balaban J connectivity index is 2.35. The van der Waals surface area contributed by atoms with Crippen LogP contribution in [-0.2, 0) is 21.4 Å². The van der Waals surface area contributed by atoms with E-state index >= 15 is 0 Å². The van der Waals surface area contributed by atoms with Gasteiger partial charge in [-0.2, -0.15) is 5.10 Å². The first-order valence-corrected chi connectivity index (χ1v) is 10.6. The summed E-state index contributed by atoms with van der Waals surface area (Å²) in [5, 5.41) is 10.8. The molecule has 0 aliphatic rings. The van der Waals surface area contributed by atoms with Crippen molar-refractivity contribution in [2.24, 2.45) is 0 Å². The molecule has 0 amide bonds. The summed E-state index contributed by atoms with van der Waals surface area (Å²) in [7, 11) is 5.77. The van der Waals surface area contributed by atoms with Gasteiger partial charge in [0.25, 0.3) is 0 Å². The number of aromatic amines is 1. The van der Waals surface area contributed by atoms with Gasteiger partial charge in [-0.3, -0.25) is 5.10 Å². The molecule has 2 aromatic rings. The standard InChI is InChI=1S/C23H38N4O3/c1-7-29-17-23(2,3)20-12-18(13-21(14-20)30-11-10-28-6)22-19(15-25-26-22)16-27(5)9-8-24-4/h12-15,24H,7-11,16-17H2,1-6H3,(H,25,26). The van der Waals surface area contributed by atoms with Crippen LogP contribution in [0, 0.1) is 0 Å². The quantitative estimate of drug-likeness (QED) is 0.460. The normalized spacial score (nSPS) is 12.0. The average molecular weight is 419 g/mol. The molecule has 0 fully saturated rings. The molecule has 7 heteroatoms. The predicted molar refractivity (Wildman–Crippen MR) is 121 cm³/mol. The highest BCUT2D eigenvalue weighted by Gasteiger charge is 2.23. The van der Waals surface area contributed by atoms with E-state index in [1.165, 1.54) is 5.56 Å². The third kappa shape index (κ3) is 7.09. The molecule has 1 aromatic carbocycles. The summed E-state index contributed by atoms with van der Waals surface area (Å²) in [6.45, 7) is 11.5. The smallest absolute Gasteiger partial charge is 0.120 e. The van der Waals surface area contributed by atoms with Gasteiger partial charge in [-0.15, -0.1) is 0 Å². The van der Waals surface area contributed by atoms with E-state index < -0.39 is 0 Å². The maximum atomic E-state index is 5.98. The molecule has 0 aliphatic carbocycles. The van der Waals surface area contributed by atoms with Crippen molar-refractivity contribution in [3.63, 3.8) is 0 Å². The van der Waals surface area contributed by atoms with Crippen LogP contribution in [0.2, 0.25) is 0 Å². The molecular formula is C23H38N4O3. The molecular weight excluding hydrogens is 380 g/mol. The summed E-state index contributed by atoms with van der Waals surface area (Å²) in [5.74, 6) is 0.821. The third-order valence-electron chi connectivity index (χ3n) is 5.09. The number of nitrogens with zero attached hydrogens (tertiary/aromatic N) is 2. The maximum Gasteiger partial charge on any atom is 0.120 e. The molecule has 2 rings (SSSR count). The topological polar surface area (TPSA) is 71.6 Å². The van der Waals surface area contributed by atoms with Gasteiger partial charge in [0.2, 0.25) is 0 Å². The summed E-state index contributed by atoms with van der Waals surface area (Å²) in [4.78, 5) is 2.28. The van der Waals surface area contributed by atoms with E-state index in [2.05, 4.69) is 59.5 Å². The van der Waals surface area contributed by atoms with Crippen LogP contribution in [-0.4, -0.2) is 75.8 Å². The van der Waals surface area contributed by atoms with E-state index in [0.717, 1.165) is 42.2 Å². The minimum absolute atomic E-state index is 0.147. The molecule has 0 aliphatic heterocycles. The average Bonchev–Trinajstić information content (AvgIpc) is 3.19. The number of aromatic nitrogens is 2. The molecule has 0 bridgehead atoms. The number of H-pyrrole nitrogens is 1. The summed E-state index contributed by atoms with van der Waals surface area (Å²) >= 11 is 0. The van der Waals surface area contributed by atoms with Crippen molar-refractivity contribution >= 4 is 0 Å². The summed E-state index contributed by atoms with van der Waals surface area (Å²) in [5.41, 5.74) is 4.18. The lowest BCUT2D eigenvalue weighted by molar-refractivity contribution is 0.105. The van der Waals surface area contributed by atoms with Crippen LogP contribution in [0.25, 0.3) is 11.3 Å². The van der Waals surface area contributed by atoms with Gasteiger partial charge in [0.1, 0.15) is 12.4 Å². The first-order chi connectivity index (χ1) is 14.4. The minimum Gasteiger partial charge on any atom is -0.491 e. The van der Waals surface area contributed by atoms with Crippen LogP contribution in [0.4, 0.5) is 0 Å². The lowest BCUT2D eigenvalue weighted by Gasteiger charge is -2.26. The lowest BCUT2D eigenvalue weighted by atomic mass is 9.84. The largest absolute Gasteiger partial charge is 0.491 e. The van der Waals surface area contributed by atoms with Crippen molar-refractivity contribution in [3.8, 4) is 17.0 Å². The van der Waals surface area contributed by atoms with E-state index in [1.807, 2.05) is 20.2 Å². The molecule has 168 valence electrons. The molecule has 0 unspecified atom stereocenters. The zero-order valence-corrected chi connectivity index (χ0v) is 19.4. The SMILES string of the molecule is CCOCC(C)(C)c1cc(OCCOC)cc(-c2n[nH]cc2CN(C)CCNC)c1. The van der Waals surface area contributed by atoms with Crippen LogP contribution < -0.4 is 10.1 Å². The van der Waals surface area contributed by atoms with Gasteiger partial charge in [-0.05, 0) is 44.8 Å². The molecule has 0 atom stereocenters. The minimum atomic E-state index is -0.147. The Labute approximate surface area is 181 Å². The number of benzene rings is 1. The molecule has 0 saturated carbocycles. The Morgan fingerprint density at radius 1 is 1.20 bits per heavy atom. The maximum absolute atomic E-state index is 5.98. The van der Waals surface area contributed by atoms with E-state index in [4.69, 9.17) is 14.2 Å². The Morgan fingerprint density at radius 3 is 2.70 bits per heavy atom. The number of hydrogen-bond donors (Lipinski definition) is 2. The number of methoxy groups -OCH3 is 1. The lowest BCUT2D eigenvalue weighted by Crippen LogP contribution is -2.27. The van der Waals surface area contributed by atoms with Gasteiger partial charge < -0.3 is 24.4 Å². The second-order valence-corrected chi connectivity index (χ2v) is 8.21. The Morgan fingerprint density at radius 2 is 2.00 bits per heavy atom. The highest BCUT2D eigenvalue weighted by molar-refractivity contribution is 5.66. The van der Waals surface area contributed by atoms with Crippen molar-refractivity contribution in [3.05, 3.63) is 35.5 Å². The van der Waals surface area contributed by atoms with Crippen LogP contribution >= 0.6 is 0 Å². The number of likely N-dealkylation sites (N-methyl/N-ethyl adjacent to an activating group) is 2. The van der Waals surface area contributed by atoms with Gasteiger partial charge >= 0.3 is 0 Å². The van der Waals surface area contributed by atoms with Crippen LogP contribution in [0.15, 0.2) is 24.4 Å². The summed E-state index contributed by atoms with van der Waals surface area (Å²) < 4.78 is 16.9. The summed E-state index contributed by atoms with van der Waals surface area (Å²) in [6.07, 6.45) is 1.98. The molecule has 1 aromatic heterocycles. The highest BCUT2D eigenvalue weighted by atomic mass is 16.5. The van der Waals surface area contributed by atoms with Gasteiger partial charge in [0.15, 0.2) is 0 Å². The van der Waals surface area contributed by atoms with Crippen molar-refractivity contribution in [2.45, 2.75) is 32.7 Å². The fourth-order valence-corrected chi connectivity index (χ4v) is 3.25. The van der Waals surface area contributed by atoms with Crippen molar-refractivity contribution in [1.29, 1.82) is 0 Å². The monoisotopic (exact) mass is 418 g/mol. The fourth-order valence-electron chi connectivity index (χ4n) is 3.25. The Bertz CT molecular complexity index is 761. The van der Waals surface area contributed by atoms with Crippen LogP contribution in [0.3, 0.4) is 0 Å². The second-order valence-electron chi connectivity index (χ2n) is 8.21. The second kappa shape index (κ2) is 12.1. The van der Waals surface area contributed by atoms with Gasteiger partial charge in [-0.25, -0.2) is 0 Å². The van der Waals surface area contributed by atoms with Gasteiger partial charge in [0.05, 0.1) is 18.9 Å². The zero-order chi connectivity index (χ0) is 22.0. The predicted octanol–water partition coefficient (Wildman–Crippen LogP) is 3.07. The van der Waals surface area contributed by atoms with Crippen molar-refractivity contribution < 1.29 is 14.2 Å². The molecule has 0 spiro atoms. The van der Waals surface area contributed by atoms with Crippen molar-refractivity contribution in [2.75, 3.05) is 60.7 Å².